The summed E-state index contributed by atoms with van der Waals surface area (Å²) < 4.78 is 4.83. The van der Waals surface area contributed by atoms with Gasteiger partial charge in [0.05, 0.1) is 6.61 Å². The Kier molecular flexibility index (Phi) is 16.4. The van der Waals surface area contributed by atoms with E-state index < -0.39 is 0 Å². The van der Waals surface area contributed by atoms with Crippen LogP contribution in [0.15, 0.2) is 0 Å². The molecule has 0 aromatic rings. The molecule has 0 aromatic carbocycles. The highest BCUT2D eigenvalue weighted by molar-refractivity contribution is 5.66. The average molecular weight is 218 g/mol. The molecule has 2 N–H and O–H groups in total. The molecule has 0 atom stereocenters. The van der Waals surface area contributed by atoms with Crippen molar-refractivity contribution in [2.75, 3.05) is 20.2 Å². The van der Waals surface area contributed by atoms with E-state index in [2.05, 4.69) is 17.6 Å². The highest BCUT2D eigenvalue weighted by Gasteiger charge is 1.97. The summed E-state index contributed by atoms with van der Waals surface area (Å²) in [5.74, 6) is 0. The van der Waals surface area contributed by atoms with Gasteiger partial charge in [-0.2, -0.15) is 0 Å². The van der Waals surface area contributed by atoms with Gasteiger partial charge in [-0.3, -0.25) is 4.79 Å². The number of unbranched alkanes of at least 4 members (excludes halogenated alkanes) is 1. The fourth-order valence-electron chi connectivity index (χ4n) is 0.587. The second kappa shape index (κ2) is 15.2. The maximum atomic E-state index is 10.7. The SMILES string of the molecule is CCCCOC(=O)NCCC.CNC=O. The molecule has 15 heavy (non-hydrogen) atoms. The van der Waals surface area contributed by atoms with Gasteiger partial charge in [-0.25, -0.2) is 4.79 Å². The maximum absolute atomic E-state index is 10.7. The van der Waals surface area contributed by atoms with Crippen LogP contribution in [0.25, 0.3) is 0 Å². The molecule has 0 spiro atoms. The van der Waals surface area contributed by atoms with E-state index in [-0.39, 0.29) is 6.09 Å². The molecule has 0 fully saturated rings. The van der Waals surface area contributed by atoms with E-state index in [0.29, 0.717) is 19.6 Å². The van der Waals surface area contributed by atoms with Gasteiger partial charge in [0, 0.05) is 13.6 Å². The summed E-state index contributed by atoms with van der Waals surface area (Å²) in [7, 11) is 1.56. The molecule has 0 bridgehead atoms. The van der Waals surface area contributed by atoms with Crippen molar-refractivity contribution >= 4 is 12.5 Å². The minimum absolute atomic E-state index is 0.291. The van der Waals surface area contributed by atoms with E-state index in [0.717, 1.165) is 19.3 Å². The lowest BCUT2D eigenvalue weighted by molar-refractivity contribution is -0.109. The fourth-order valence-corrected chi connectivity index (χ4v) is 0.587. The summed E-state index contributed by atoms with van der Waals surface area (Å²) >= 11 is 0. The van der Waals surface area contributed by atoms with Crippen molar-refractivity contribution in [2.24, 2.45) is 0 Å². The highest BCUT2D eigenvalue weighted by Crippen LogP contribution is 1.87. The van der Waals surface area contributed by atoms with Gasteiger partial charge < -0.3 is 15.4 Å². The van der Waals surface area contributed by atoms with Crippen LogP contribution < -0.4 is 10.6 Å². The molecule has 0 rings (SSSR count). The van der Waals surface area contributed by atoms with E-state index in [1.54, 1.807) is 7.05 Å². The quantitative estimate of drug-likeness (QED) is 0.521. The second-order valence-corrected chi connectivity index (χ2v) is 2.82. The van der Waals surface area contributed by atoms with Crippen molar-refractivity contribution in [3.05, 3.63) is 0 Å². The van der Waals surface area contributed by atoms with Gasteiger partial charge in [-0.05, 0) is 12.8 Å². The van der Waals surface area contributed by atoms with Crippen LogP contribution in [0.2, 0.25) is 0 Å². The Hall–Kier alpha value is -1.26. The van der Waals surface area contributed by atoms with Gasteiger partial charge in [-0.1, -0.05) is 20.3 Å². The first kappa shape index (κ1) is 16.2. The van der Waals surface area contributed by atoms with Gasteiger partial charge in [0.25, 0.3) is 0 Å². The number of hydrogen-bond acceptors (Lipinski definition) is 3. The molecule has 0 unspecified atom stereocenters. The summed E-state index contributed by atoms with van der Waals surface area (Å²) in [6.45, 7) is 5.30. The van der Waals surface area contributed by atoms with Gasteiger partial charge in [0.2, 0.25) is 6.41 Å². The Morgan fingerprint density at radius 2 is 1.93 bits per heavy atom. The van der Waals surface area contributed by atoms with Crippen molar-refractivity contribution in [3.63, 3.8) is 0 Å². The lowest BCUT2D eigenvalue weighted by Crippen LogP contribution is -2.25. The molecule has 5 heteroatoms. The Balaban J connectivity index is 0. The number of ether oxygens (including phenoxy) is 1. The molecule has 5 nitrogen and oxygen atoms in total. The number of amides is 2. The predicted octanol–water partition coefficient (Wildman–Crippen LogP) is 1.28. The number of nitrogens with one attached hydrogen (secondary N) is 2. The number of alkyl carbamates (subject to hydrolysis) is 1. The molecule has 0 aromatic heterocycles. The first-order valence-electron chi connectivity index (χ1n) is 5.24. The second-order valence-electron chi connectivity index (χ2n) is 2.82. The Bertz CT molecular complexity index is 152. The molecule has 0 heterocycles. The van der Waals surface area contributed by atoms with Gasteiger partial charge in [0.15, 0.2) is 0 Å². The third kappa shape index (κ3) is 19.2. The molecule has 0 aliphatic rings. The zero-order valence-corrected chi connectivity index (χ0v) is 9.84. The standard InChI is InChI=1S/C8H17NO2.C2H5NO/c1-3-5-7-11-8(10)9-6-4-2;1-3-2-4/h3-7H2,1-2H3,(H,9,10);2H,1H3,(H,3,4). The van der Waals surface area contributed by atoms with Gasteiger partial charge in [0.1, 0.15) is 0 Å². The lowest BCUT2D eigenvalue weighted by Gasteiger charge is -2.03. The summed E-state index contributed by atoms with van der Waals surface area (Å²) in [4.78, 5) is 19.8. The summed E-state index contributed by atoms with van der Waals surface area (Å²) in [5, 5.41) is 4.88. The Labute approximate surface area is 91.6 Å². The van der Waals surface area contributed by atoms with Crippen LogP contribution in [-0.4, -0.2) is 32.7 Å². The highest BCUT2D eigenvalue weighted by atomic mass is 16.5. The maximum Gasteiger partial charge on any atom is 0.407 e. The van der Waals surface area contributed by atoms with E-state index >= 15 is 0 Å². The van der Waals surface area contributed by atoms with Crippen LogP contribution in [0, 0.1) is 0 Å². The number of carbonyl (C=O) groups excluding carboxylic acids is 2. The first-order valence-corrected chi connectivity index (χ1v) is 5.24. The van der Waals surface area contributed by atoms with E-state index in [1.165, 1.54) is 0 Å². The lowest BCUT2D eigenvalue weighted by atomic mass is 10.4. The van der Waals surface area contributed by atoms with Crippen molar-refractivity contribution in [3.8, 4) is 0 Å². The number of hydrogen-bond donors (Lipinski definition) is 2. The van der Waals surface area contributed by atoms with Crippen molar-refractivity contribution in [2.45, 2.75) is 33.1 Å². The van der Waals surface area contributed by atoms with Crippen molar-refractivity contribution in [1.29, 1.82) is 0 Å². The van der Waals surface area contributed by atoms with Crippen LogP contribution in [0.1, 0.15) is 33.1 Å². The molecule has 0 saturated heterocycles. The van der Waals surface area contributed by atoms with Gasteiger partial charge >= 0.3 is 6.09 Å². The molecule has 0 aliphatic heterocycles. The monoisotopic (exact) mass is 218 g/mol. The minimum Gasteiger partial charge on any atom is -0.450 e. The van der Waals surface area contributed by atoms with Crippen LogP contribution in [0.3, 0.4) is 0 Å². The minimum atomic E-state index is -0.291. The van der Waals surface area contributed by atoms with E-state index in [1.807, 2.05) is 6.92 Å². The molecule has 0 saturated carbocycles. The van der Waals surface area contributed by atoms with Crippen molar-refractivity contribution in [1.82, 2.24) is 10.6 Å². The molecule has 0 aliphatic carbocycles. The third-order valence-electron chi connectivity index (χ3n) is 1.37. The zero-order chi connectivity index (χ0) is 11.9. The van der Waals surface area contributed by atoms with Crippen molar-refractivity contribution < 1.29 is 14.3 Å². The summed E-state index contributed by atoms with van der Waals surface area (Å²) in [6, 6.07) is 0. The summed E-state index contributed by atoms with van der Waals surface area (Å²) in [5.41, 5.74) is 0. The topological polar surface area (TPSA) is 67.4 Å². The average Bonchev–Trinajstić information content (AvgIpc) is 2.27. The third-order valence-corrected chi connectivity index (χ3v) is 1.37. The molecule has 2 amide bonds. The molecule has 90 valence electrons. The van der Waals surface area contributed by atoms with Crippen LogP contribution in [-0.2, 0) is 9.53 Å². The zero-order valence-electron chi connectivity index (χ0n) is 9.84. The normalized spacial score (nSPS) is 8.20. The smallest absolute Gasteiger partial charge is 0.407 e. The molecule has 0 radical (unpaired) electrons. The Morgan fingerprint density at radius 1 is 1.33 bits per heavy atom. The van der Waals surface area contributed by atoms with Gasteiger partial charge in [-0.15, -0.1) is 0 Å². The first-order chi connectivity index (χ1) is 7.22. The largest absolute Gasteiger partial charge is 0.450 e. The summed E-state index contributed by atoms with van der Waals surface area (Å²) in [6.07, 6.45) is 3.28. The van der Waals surface area contributed by atoms with Crippen LogP contribution >= 0.6 is 0 Å². The van der Waals surface area contributed by atoms with Crippen LogP contribution in [0.5, 0.6) is 0 Å². The number of carbonyl (C=O) groups is 2. The van der Waals surface area contributed by atoms with Crippen LogP contribution in [0.4, 0.5) is 4.79 Å². The van der Waals surface area contributed by atoms with E-state index in [4.69, 9.17) is 9.53 Å². The fraction of sp³-hybridized carbons (Fsp3) is 0.800. The van der Waals surface area contributed by atoms with E-state index in [9.17, 15) is 4.79 Å². The predicted molar refractivity (Wildman–Crippen MR) is 59.7 cm³/mol. The number of rotatable bonds is 6. The Morgan fingerprint density at radius 3 is 2.33 bits per heavy atom. The molecular weight excluding hydrogens is 196 g/mol. The molecular formula is C10H22N2O3.